The molecule has 1 N–H and O–H groups in total. The van der Waals surface area contributed by atoms with Crippen molar-refractivity contribution in [1.82, 2.24) is 9.88 Å². The van der Waals surface area contributed by atoms with Crippen molar-refractivity contribution >= 4 is 0 Å². The molecule has 0 spiro atoms. The number of halogens is 3. The Labute approximate surface area is 91.5 Å². The molecule has 0 aliphatic rings. The molecule has 0 aliphatic heterocycles. The number of alkyl halides is 2. The van der Waals surface area contributed by atoms with Crippen LogP contribution in [0.1, 0.15) is 5.56 Å². The Kier molecular flexibility index (Phi) is 5.21. The number of hydrogen-bond donors (Lipinski definition) is 1. The Morgan fingerprint density at radius 3 is 2.69 bits per heavy atom. The Morgan fingerprint density at radius 2 is 2.12 bits per heavy atom. The number of pyridine rings is 1. The van der Waals surface area contributed by atoms with Gasteiger partial charge in [-0.1, -0.05) is 0 Å². The lowest BCUT2D eigenvalue weighted by atomic mass is 10.2. The predicted molar refractivity (Wildman–Crippen MR) is 52.6 cm³/mol. The molecular weight excluding hydrogens is 221 g/mol. The van der Waals surface area contributed by atoms with E-state index in [2.05, 4.69) is 4.98 Å². The van der Waals surface area contributed by atoms with E-state index in [1.807, 2.05) is 0 Å². The molecule has 0 radical (unpaired) electrons. The summed E-state index contributed by atoms with van der Waals surface area (Å²) in [6.07, 6.45) is -0.0144. The van der Waals surface area contributed by atoms with Crippen LogP contribution in [0.4, 0.5) is 13.2 Å². The van der Waals surface area contributed by atoms with Gasteiger partial charge in [0.05, 0.1) is 19.3 Å². The van der Waals surface area contributed by atoms with Gasteiger partial charge in [0.1, 0.15) is 5.82 Å². The largest absolute Gasteiger partial charge is 0.395 e. The number of aliphatic hydroxyl groups is 1. The third kappa shape index (κ3) is 4.59. The van der Waals surface area contributed by atoms with Gasteiger partial charge in [0.25, 0.3) is 6.43 Å². The van der Waals surface area contributed by atoms with Crippen molar-refractivity contribution in [3.8, 4) is 0 Å². The minimum atomic E-state index is -2.48. The van der Waals surface area contributed by atoms with Gasteiger partial charge in [0.2, 0.25) is 0 Å². The van der Waals surface area contributed by atoms with Crippen molar-refractivity contribution in [3.05, 3.63) is 29.8 Å². The zero-order valence-corrected chi connectivity index (χ0v) is 8.61. The topological polar surface area (TPSA) is 36.4 Å². The van der Waals surface area contributed by atoms with E-state index in [9.17, 15) is 13.2 Å². The van der Waals surface area contributed by atoms with Crippen molar-refractivity contribution in [3.63, 3.8) is 0 Å². The summed E-state index contributed by atoms with van der Waals surface area (Å²) in [6.45, 7) is -0.386. The molecule has 1 aromatic rings. The molecule has 16 heavy (non-hydrogen) atoms. The van der Waals surface area contributed by atoms with Crippen molar-refractivity contribution in [2.75, 3.05) is 19.7 Å². The van der Waals surface area contributed by atoms with Crippen LogP contribution < -0.4 is 0 Å². The second-order valence-corrected chi connectivity index (χ2v) is 3.36. The number of nitrogens with zero attached hydrogens (tertiary/aromatic N) is 2. The van der Waals surface area contributed by atoms with Crippen LogP contribution in [0.5, 0.6) is 0 Å². The molecule has 0 bridgehead atoms. The fourth-order valence-corrected chi connectivity index (χ4v) is 1.37. The monoisotopic (exact) mass is 234 g/mol. The average molecular weight is 234 g/mol. The maximum atomic E-state index is 12.8. The van der Waals surface area contributed by atoms with Gasteiger partial charge >= 0.3 is 0 Å². The van der Waals surface area contributed by atoms with Crippen LogP contribution in [0.25, 0.3) is 0 Å². The Bertz CT molecular complexity index is 323. The molecule has 0 saturated carbocycles. The second kappa shape index (κ2) is 6.44. The van der Waals surface area contributed by atoms with Gasteiger partial charge in [-0.05, 0) is 11.6 Å². The molecule has 6 heteroatoms. The van der Waals surface area contributed by atoms with E-state index in [0.717, 1.165) is 6.20 Å². The SMILES string of the molecule is OCCN(Cc1cncc(F)c1)CC(F)F. The molecule has 1 aromatic heterocycles. The second-order valence-electron chi connectivity index (χ2n) is 3.36. The standard InChI is InChI=1S/C10H13F3N2O/c11-9-3-8(4-14-5-9)6-15(1-2-16)7-10(12)13/h3-5,10,16H,1-2,6-7H2. The predicted octanol–water partition coefficient (Wildman–Crippen LogP) is 1.28. The van der Waals surface area contributed by atoms with Gasteiger partial charge in [-0.3, -0.25) is 9.88 Å². The van der Waals surface area contributed by atoms with Crippen molar-refractivity contribution in [2.45, 2.75) is 13.0 Å². The highest BCUT2D eigenvalue weighted by Crippen LogP contribution is 2.07. The molecule has 0 atom stereocenters. The maximum absolute atomic E-state index is 12.8. The minimum Gasteiger partial charge on any atom is -0.395 e. The van der Waals surface area contributed by atoms with Crippen LogP contribution in [0, 0.1) is 5.82 Å². The maximum Gasteiger partial charge on any atom is 0.251 e. The van der Waals surface area contributed by atoms with Crippen molar-refractivity contribution < 1.29 is 18.3 Å². The first-order valence-electron chi connectivity index (χ1n) is 4.82. The van der Waals surface area contributed by atoms with Gasteiger partial charge in [-0.15, -0.1) is 0 Å². The number of aromatic nitrogens is 1. The third-order valence-corrected chi connectivity index (χ3v) is 1.98. The van der Waals surface area contributed by atoms with Gasteiger partial charge in [0, 0.05) is 19.3 Å². The molecule has 1 rings (SSSR count). The van der Waals surface area contributed by atoms with Crippen molar-refractivity contribution in [1.29, 1.82) is 0 Å². The zero-order valence-electron chi connectivity index (χ0n) is 8.61. The molecule has 0 fully saturated rings. The first kappa shape index (κ1) is 12.9. The summed E-state index contributed by atoms with van der Waals surface area (Å²) in [5.41, 5.74) is 0.508. The Morgan fingerprint density at radius 1 is 1.38 bits per heavy atom. The normalized spacial score (nSPS) is 11.4. The molecule has 1 heterocycles. The van der Waals surface area contributed by atoms with Crippen LogP contribution in [0.15, 0.2) is 18.5 Å². The fraction of sp³-hybridized carbons (Fsp3) is 0.500. The van der Waals surface area contributed by atoms with Crippen LogP contribution in [-0.2, 0) is 6.54 Å². The number of aliphatic hydroxyl groups excluding tert-OH is 1. The van der Waals surface area contributed by atoms with Crippen molar-refractivity contribution in [2.24, 2.45) is 0 Å². The average Bonchev–Trinajstić information content (AvgIpc) is 2.16. The molecule has 0 saturated heterocycles. The fourth-order valence-electron chi connectivity index (χ4n) is 1.37. The highest BCUT2D eigenvalue weighted by Gasteiger charge is 2.12. The smallest absolute Gasteiger partial charge is 0.251 e. The van der Waals surface area contributed by atoms with E-state index >= 15 is 0 Å². The summed E-state index contributed by atoms with van der Waals surface area (Å²) in [5, 5.41) is 8.71. The summed E-state index contributed by atoms with van der Waals surface area (Å²) in [5.74, 6) is -0.501. The number of rotatable bonds is 6. The molecule has 0 aliphatic carbocycles. The van der Waals surface area contributed by atoms with Crippen LogP contribution in [0.2, 0.25) is 0 Å². The Balaban J connectivity index is 2.60. The quantitative estimate of drug-likeness (QED) is 0.805. The summed E-state index contributed by atoms with van der Waals surface area (Å²) in [7, 11) is 0. The van der Waals surface area contributed by atoms with Gasteiger partial charge in [-0.25, -0.2) is 13.2 Å². The highest BCUT2D eigenvalue weighted by molar-refractivity contribution is 5.09. The van der Waals surface area contributed by atoms with Crippen LogP contribution in [0.3, 0.4) is 0 Å². The highest BCUT2D eigenvalue weighted by atomic mass is 19.3. The van der Waals surface area contributed by atoms with E-state index in [1.54, 1.807) is 0 Å². The summed E-state index contributed by atoms with van der Waals surface area (Å²) in [6, 6.07) is 1.24. The zero-order chi connectivity index (χ0) is 12.0. The Hall–Kier alpha value is -1.14. The minimum absolute atomic E-state index is 0.126. The molecular formula is C10H13F3N2O. The van der Waals surface area contributed by atoms with Gasteiger partial charge in [0.15, 0.2) is 0 Å². The lowest BCUT2D eigenvalue weighted by Crippen LogP contribution is -2.31. The van der Waals surface area contributed by atoms with Crippen LogP contribution in [-0.4, -0.2) is 41.1 Å². The third-order valence-electron chi connectivity index (χ3n) is 1.98. The molecule has 0 unspecified atom stereocenters. The summed E-state index contributed by atoms with van der Waals surface area (Å²) >= 11 is 0. The summed E-state index contributed by atoms with van der Waals surface area (Å²) in [4.78, 5) is 4.97. The van der Waals surface area contributed by atoms with Gasteiger partial charge < -0.3 is 5.11 Å². The lowest BCUT2D eigenvalue weighted by Gasteiger charge is -2.20. The number of hydrogen-bond acceptors (Lipinski definition) is 3. The molecule has 0 aromatic carbocycles. The van der Waals surface area contributed by atoms with Crippen LogP contribution >= 0.6 is 0 Å². The molecule has 90 valence electrons. The van der Waals surface area contributed by atoms with E-state index in [0.29, 0.717) is 5.56 Å². The summed E-state index contributed by atoms with van der Waals surface area (Å²) < 4.78 is 37.1. The first-order chi connectivity index (χ1) is 7.61. The van der Waals surface area contributed by atoms with E-state index in [4.69, 9.17) is 5.11 Å². The molecule has 0 amide bonds. The molecule has 3 nitrogen and oxygen atoms in total. The first-order valence-corrected chi connectivity index (χ1v) is 4.82. The van der Waals surface area contributed by atoms with E-state index in [-0.39, 0.29) is 19.7 Å². The van der Waals surface area contributed by atoms with E-state index < -0.39 is 18.8 Å². The lowest BCUT2D eigenvalue weighted by molar-refractivity contribution is 0.0745. The van der Waals surface area contributed by atoms with Gasteiger partial charge in [-0.2, -0.15) is 0 Å². The van der Waals surface area contributed by atoms with E-state index in [1.165, 1.54) is 17.2 Å².